The smallest absolute Gasteiger partial charge is 0.153 e. The molecule has 0 fully saturated rings. The maximum absolute atomic E-state index is 5.68. The van der Waals surface area contributed by atoms with E-state index in [-0.39, 0.29) is 6.04 Å². The standard InChI is InChI=1S/C11H15BrN6/c1-3-7-5-4-6-14-8(7)9(15-13)10-11(12)16-17-18(10)2/h4-6,9,15H,3,13H2,1-2H3. The molecule has 1 atom stereocenters. The summed E-state index contributed by atoms with van der Waals surface area (Å²) in [4.78, 5) is 4.43. The van der Waals surface area contributed by atoms with Crippen LogP contribution >= 0.6 is 15.9 Å². The summed E-state index contributed by atoms with van der Waals surface area (Å²) in [5.74, 6) is 5.68. The molecule has 18 heavy (non-hydrogen) atoms. The van der Waals surface area contributed by atoms with Crippen molar-refractivity contribution in [2.24, 2.45) is 12.9 Å². The van der Waals surface area contributed by atoms with E-state index in [0.717, 1.165) is 23.4 Å². The molecule has 0 aliphatic rings. The topological polar surface area (TPSA) is 81.7 Å². The van der Waals surface area contributed by atoms with E-state index in [1.807, 2.05) is 19.2 Å². The van der Waals surface area contributed by atoms with Gasteiger partial charge in [0.25, 0.3) is 0 Å². The van der Waals surface area contributed by atoms with Gasteiger partial charge in [0.15, 0.2) is 4.60 Å². The minimum absolute atomic E-state index is 0.240. The molecule has 0 saturated heterocycles. The van der Waals surface area contributed by atoms with Gasteiger partial charge in [-0.05, 0) is 34.0 Å². The lowest BCUT2D eigenvalue weighted by Crippen LogP contribution is -2.32. The summed E-state index contributed by atoms with van der Waals surface area (Å²) >= 11 is 3.38. The van der Waals surface area contributed by atoms with Crippen molar-refractivity contribution >= 4 is 15.9 Å². The molecule has 0 aromatic carbocycles. The van der Waals surface area contributed by atoms with Crippen LogP contribution in [-0.4, -0.2) is 20.0 Å². The highest BCUT2D eigenvalue weighted by atomic mass is 79.9. The van der Waals surface area contributed by atoms with Crippen LogP contribution in [0.5, 0.6) is 0 Å². The van der Waals surface area contributed by atoms with Gasteiger partial charge < -0.3 is 0 Å². The van der Waals surface area contributed by atoms with Crippen LogP contribution < -0.4 is 11.3 Å². The molecule has 0 saturated carbocycles. The minimum atomic E-state index is -0.240. The first-order valence-electron chi connectivity index (χ1n) is 5.64. The van der Waals surface area contributed by atoms with Crippen LogP contribution in [0.25, 0.3) is 0 Å². The Hall–Kier alpha value is -1.31. The van der Waals surface area contributed by atoms with E-state index in [0.29, 0.717) is 4.60 Å². The average Bonchev–Trinajstić information content (AvgIpc) is 2.72. The number of halogens is 1. The summed E-state index contributed by atoms with van der Waals surface area (Å²) in [5.41, 5.74) is 5.68. The second-order valence-electron chi connectivity index (χ2n) is 3.89. The van der Waals surface area contributed by atoms with Crippen molar-refractivity contribution in [3.05, 3.63) is 39.9 Å². The van der Waals surface area contributed by atoms with Gasteiger partial charge in [0.2, 0.25) is 0 Å². The number of hydrogen-bond acceptors (Lipinski definition) is 5. The first kappa shape index (κ1) is 13.1. The Bertz CT molecular complexity index is 519. The fourth-order valence-corrected chi connectivity index (χ4v) is 2.50. The number of hydrogen-bond donors (Lipinski definition) is 2. The van der Waals surface area contributed by atoms with Crippen molar-refractivity contribution in [2.45, 2.75) is 19.4 Å². The van der Waals surface area contributed by atoms with Crippen LogP contribution in [-0.2, 0) is 13.5 Å². The van der Waals surface area contributed by atoms with Crippen LogP contribution in [0.2, 0.25) is 0 Å². The number of aromatic nitrogens is 4. The highest BCUT2D eigenvalue weighted by Crippen LogP contribution is 2.26. The van der Waals surface area contributed by atoms with E-state index in [1.165, 1.54) is 0 Å². The molecule has 0 bridgehead atoms. The zero-order valence-corrected chi connectivity index (χ0v) is 11.8. The first-order chi connectivity index (χ1) is 8.69. The second-order valence-corrected chi connectivity index (χ2v) is 4.64. The molecule has 6 nitrogen and oxygen atoms in total. The molecule has 2 heterocycles. The summed E-state index contributed by atoms with van der Waals surface area (Å²) in [6.45, 7) is 2.09. The van der Waals surface area contributed by atoms with E-state index in [1.54, 1.807) is 10.9 Å². The van der Waals surface area contributed by atoms with Crippen LogP contribution in [0.3, 0.4) is 0 Å². The molecule has 2 rings (SSSR count). The van der Waals surface area contributed by atoms with E-state index < -0.39 is 0 Å². The number of pyridine rings is 1. The van der Waals surface area contributed by atoms with Gasteiger partial charge in [-0.1, -0.05) is 18.2 Å². The molecule has 1 unspecified atom stereocenters. The lowest BCUT2D eigenvalue weighted by Gasteiger charge is -2.18. The third-order valence-corrected chi connectivity index (χ3v) is 3.41. The van der Waals surface area contributed by atoms with Crippen LogP contribution in [0, 0.1) is 0 Å². The number of nitrogens with two attached hydrogens (primary N) is 1. The summed E-state index contributed by atoms with van der Waals surface area (Å²) in [6.07, 6.45) is 2.65. The number of rotatable bonds is 4. The molecular formula is C11H15BrN6. The fraction of sp³-hybridized carbons (Fsp3) is 0.364. The number of aryl methyl sites for hydroxylation is 2. The normalized spacial score (nSPS) is 12.7. The van der Waals surface area contributed by atoms with Crippen LogP contribution in [0.15, 0.2) is 22.9 Å². The Morgan fingerprint density at radius 3 is 2.89 bits per heavy atom. The lowest BCUT2D eigenvalue weighted by molar-refractivity contribution is 0.555. The van der Waals surface area contributed by atoms with Crippen molar-refractivity contribution in [2.75, 3.05) is 0 Å². The maximum atomic E-state index is 5.68. The molecule has 0 aliphatic carbocycles. The molecule has 7 heteroatoms. The first-order valence-corrected chi connectivity index (χ1v) is 6.43. The highest BCUT2D eigenvalue weighted by molar-refractivity contribution is 9.10. The monoisotopic (exact) mass is 310 g/mol. The molecule has 0 amide bonds. The zero-order chi connectivity index (χ0) is 13.1. The Balaban J connectivity index is 2.52. The molecule has 0 radical (unpaired) electrons. The predicted molar refractivity (Wildman–Crippen MR) is 71.5 cm³/mol. The molecular weight excluding hydrogens is 296 g/mol. The van der Waals surface area contributed by atoms with E-state index in [2.05, 4.69) is 43.6 Å². The summed E-state index contributed by atoms with van der Waals surface area (Å²) in [6, 6.07) is 3.73. The molecule has 2 aromatic heterocycles. The van der Waals surface area contributed by atoms with Gasteiger partial charge in [0.05, 0.1) is 11.4 Å². The van der Waals surface area contributed by atoms with E-state index in [9.17, 15) is 0 Å². The highest BCUT2D eigenvalue weighted by Gasteiger charge is 2.23. The quantitative estimate of drug-likeness (QED) is 0.652. The molecule has 2 aromatic rings. The Morgan fingerprint density at radius 1 is 1.56 bits per heavy atom. The van der Waals surface area contributed by atoms with Gasteiger partial charge in [0.1, 0.15) is 6.04 Å². The summed E-state index contributed by atoms with van der Waals surface area (Å²) < 4.78 is 2.35. The van der Waals surface area contributed by atoms with Crippen molar-refractivity contribution in [1.29, 1.82) is 0 Å². The van der Waals surface area contributed by atoms with Crippen molar-refractivity contribution in [1.82, 2.24) is 25.4 Å². The van der Waals surface area contributed by atoms with Gasteiger partial charge in [-0.25, -0.2) is 10.1 Å². The second kappa shape index (κ2) is 5.55. The van der Waals surface area contributed by atoms with Crippen molar-refractivity contribution in [3.63, 3.8) is 0 Å². The number of nitrogens with one attached hydrogen (secondary N) is 1. The van der Waals surface area contributed by atoms with Crippen molar-refractivity contribution in [3.8, 4) is 0 Å². The predicted octanol–water partition coefficient (Wildman–Crippen LogP) is 1.09. The van der Waals surface area contributed by atoms with Crippen LogP contribution in [0.4, 0.5) is 0 Å². The number of nitrogens with zero attached hydrogens (tertiary/aromatic N) is 4. The zero-order valence-electron chi connectivity index (χ0n) is 10.3. The summed E-state index contributed by atoms with van der Waals surface area (Å²) in [5, 5.41) is 7.93. The largest absolute Gasteiger partial charge is 0.270 e. The maximum Gasteiger partial charge on any atom is 0.153 e. The Kier molecular flexibility index (Phi) is 4.05. The number of hydrazine groups is 1. The minimum Gasteiger partial charge on any atom is -0.270 e. The Morgan fingerprint density at radius 2 is 2.33 bits per heavy atom. The fourth-order valence-electron chi connectivity index (χ4n) is 1.94. The lowest BCUT2D eigenvalue weighted by atomic mass is 10.0. The van der Waals surface area contributed by atoms with Crippen molar-refractivity contribution < 1.29 is 0 Å². The van der Waals surface area contributed by atoms with Gasteiger partial charge >= 0.3 is 0 Å². The van der Waals surface area contributed by atoms with Gasteiger partial charge in [0, 0.05) is 13.2 Å². The molecule has 0 spiro atoms. The molecule has 96 valence electrons. The SMILES string of the molecule is CCc1cccnc1C(NN)c1c(Br)nnn1C. The summed E-state index contributed by atoms with van der Waals surface area (Å²) in [7, 11) is 1.83. The van der Waals surface area contributed by atoms with Crippen LogP contribution in [0.1, 0.15) is 29.9 Å². The average molecular weight is 311 g/mol. The van der Waals surface area contributed by atoms with Gasteiger partial charge in [-0.15, -0.1) is 5.10 Å². The van der Waals surface area contributed by atoms with E-state index in [4.69, 9.17) is 5.84 Å². The molecule has 0 aliphatic heterocycles. The third kappa shape index (κ3) is 2.29. The Labute approximate surface area is 114 Å². The van der Waals surface area contributed by atoms with E-state index >= 15 is 0 Å². The van der Waals surface area contributed by atoms with Gasteiger partial charge in [-0.2, -0.15) is 0 Å². The third-order valence-electron chi connectivity index (χ3n) is 2.85. The molecule has 3 N–H and O–H groups in total. The van der Waals surface area contributed by atoms with Gasteiger partial charge in [-0.3, -0.25) is 10.8 Å².